The number of hydrogen-bond acceptors (Lipinski definition) is 4. The van der Waals surface area contributed by atoms with E-state index in [1.165, 1.54) is 0 Å². The van der Waals surface area contributed by atoms with Crippen molar-refractivity contribution in [3.8, 4) is 0 Å². The normalized spacial score (nSPS) is 12.5. The summed E-state index contributed by atoms with van der Waals surface area (Å²) in [5.41, 5.74) is 1.27. The molecule has 0 aliphatic heterocycles. The van der Waals surface area contributed by atoms with Crippen LogP contribution in [0.25, 0.3) is 0 Å². The van der Waals surface area contributed by atoms with Crippen LogP contribution in [0.1, 0.15) is 52.7 Å². The molecular formula is C21H36N4O3. The molecular weight excluding hydrogens is 356 g/mol. The highest BCUT2D eigenvalue weighted by molar-refractivity contribution is 5.79. The molecule has 0 unspecified atom stereocenters. The number of nitrogens with one attached hydrogen (secondary N) is 3. The Morgan fingerprint density at radius 1 is 1.07 bits per heavy atom. The zero-order chi connectivity index (χ0) is 21.2. The molecule has 7 nitrogen and oxygen atoms in total. The zero-order valence-electron chi connectivity index (χ0n) is 18.3. The first-order chi connectivity index (χ1) is 13.1. The lowest BCUT2D eigenvalue weighted by atomic mass is 10.1. The first kappa shape index (κ1) is 23.8. The third-order valence-corrected chi connectivity index (χ3v) is 3.79. The monoisotopic (exact) mass is 392 g/mol. The molecule has 0 fully saturated rings. The van der Waals surface area contributed by atoms with Crippen molar-refractivity contribution >= 4 is 12.1 Å². The Morgan fingerprint density at radius 2 is 1.71 bits per heavy atom. The topological polar surface area (TPSA) is 84.0 Å². The van der Waals surface area contributed by atoms with Gasteiger partial charge in [0.1, 0.15) is 5.60 Å². The summed E-state index contributed by atoms with van der Waals surface area (Å²) in [6.07, 6.45) is -0.438. The Labute approximate surface area is 169 Å². The molecule has 0 heterocycles. The molecule has 0 spiro atoms. The highest BCUT2D eigenvalue weighted by Gasteiger charge is 2.24. The lowest BCUT2D eigenvalue weighted by Gasteiger charge is -2.29. The highest BCUT2D eigenvalue weighted by atomic mass is 16.6. The van der Waals surface area contributed by atoms with Crippen molar-refractivity contribution in [1.82, 2.24) is 16.0 Å². The first-order valence-corrected chi connectivity index (χ1v) is 9.66. The van der Waals surface area contributed by atoms with E-state index < -0.39 is 17.2 Å². The maximum Gasteiger partial charge on any atom is 0.408 e. The summed E-state index contributed by atoms with van der Waals surface area (Å²) >= 11 is 0. The molecule has 1 aromatic carbocycles. The Hall–Kier alpha value is -2.28. The number of alkyl carbamates (subject to hydrolysis) is 1. The second kappa shape index (κ2) is 10.9. The largest absolute Gasteiger partial charge is 0.444 e. The maximum absolute atomic E-state index is 12.0. The average molecular weight is 393 g/mol. The van der Waals surface area contributed by atoms with E-state index in [0.29, 0.717) is 32.3 Å². The van der Waals surface area contributed by atoms with Crippen LogP contribution in [-0.2, 0) is 22.6 Å². The summed E-state index contributed by atoms with van der Waals surface area (Å²) in [7, 11) is 1.72. The molecule has 158 valence electrons. The van der Waals surface area contributed by atoms with Crippen molar-refractivity contribution in [2.75, 3.05) is 20.2 Å². The number of guanidine groups is 1. The minimum absolute atomic E-state index is 0.438. The van der Waals surface area contributed by atoms with Gasteiger partial charge >= 0.3 is 6.09 Å². The van der Waals surface area contributed by atoms with E-state index in [2.05, 4.69) is 33.1 Å². The summed E-state index contributed by atoms with van der Waals surface area (Å²) < 4.78 is 10.9. The minimum atomic E-state index is -0.528. The zero-order valence-corrected chi connectivity index (χ0v) is 18.3. The summed E-state index contributed by atoms with van der Waals surface area (Å²) in [6.45, 7) is 13.8. The molecule has 1 rings (SSSR count). The van der Waals surface area contributed by atoms with Crippen LogP contribution >= 0.6 is 0 Å². The van der Waals surface area contributed by atoms with Crippen molar-refractivity contribution in [2.24, 2.45) is 4.99 Å². The average Bonchev–Trinajstić information content (AvgIpc) is 2.58. The molecule has 0 saturated heterocycles. The van der Waals surface area contributed by atoms with Crippen LogP contribution in [0.3, 0.4) is 0 Å². The van der Waals surface area contributed by atoms with Gasteiger partial charge in [0.05, 0.1) is 12.1 Å². The number of ether oxygens (including phenoxy) is 2. The van der Waals surface area contributed by atoms with Gasteiger partial charge in [-0.25, -0.2) is 4.79 Å². The predicted molar refractivity (Wildman–Crippen MR) is 113 cm³/mol. The molecule has 0 bridgehead atoms. The highest BCUT2D eigenvalue weighted by Crippen LogP contribution is 2.11. The number of aliphatic imine (C=N–C) groups is 1. The molecule has 0 radical (unpaired) electrons. The fourth-order valence-corrected chi connectivity index (χ4v) is 2.41. The standard InChI is InChI=1S/C21H36N4O3/c1-8-27-14-17-12-10-9-11-16(17)13-23-18(22-7)24-15-21(5,6)25-19(26)28-20(2,3)4/h9-12H,8,13-15H2,1-7H3,(H,25,26)(H2,22,23,24). The fourth-order valence-electron chi connectivity index (χ4n) is 2.41. The molecule has 3 N–H and O–H groups in total. The predicted octanol–water partition coefficient (Wildman–Crippen LogP) is 3.19. The van der Waals surface area contributed by atoms with Gasteiger partial charge in [0.2, 0.25) is 0 Å². The molecule has 28 heavy (non-hydrogen) atoms. The van der Waals surface area contributed by atoms with Crippen molar-refractivity contribution < 1.29 is 14.3 Å². The van der Waals surface area contributed by atoms with Gasteiger partial charge in [-0.15, -0.1) is 0 Å². The molecule has 0 aromatic heterocycles. The number of benzene rings is 1. The Kier molecular flexibility index (Phi) is 9.25. The molecule has 0 saturated carbocycles. The second-order valence-corrected chi connectivity index (χ2v) is 8.20. The number of hydrogen-bond donors (Lipinski definition) is 3. The quantitative estimate of drug-likeness (QED) is 0.467. The second-order valence-electron chi connectivity index (χ2n) is 8.20. The van der Waals surface area contributed by atoms with Gasteiger partial charge in [0.15, 0.2) is 5.96 Å². The van der Waals surface area contributed by atoms with Crippen LogP contribution in [0.5, 0.6) is 0 Å². The van der Waals surface area contributed by atoms with Gasteiger partial charge in [-0.3, -0.25) is 4.99 Å². The Bertz CT molecular complexity index is 651. The molecule has 1 aromatic rings. The molecule has 0 aliphatic carbocycles. The summed E-state index contributed by atoms with van der Waals surface area (Å²) in [6, 6.07) is 8.16. The van der Waals surface area contributed by atoms with E-state index in [9.17, 15) is 4.79 Å². The Balaban J connectivity index is 2.56. The van der Waals surface area contributed by atoms with Crippen LogP contribution < -0.4 is 16.0 Å². The van der Waals surface area contributed by atoms with Crippen molar-refractivity contribution in [2.45, 2.75) is 65.8 Å². The first-order valence-electron chi connectivity index (χ1n) is 9.66. The molecule has 0 aliphatic rings. The van der Waals surface area contributed by atoms with E-state index in [-0.39, 0.29) is 0 Å². The van der Waals surface area contributed by atoms with Crippen molar-refractivity contribution in [3.63, 3.8) is 0 Å². The van der Waals surface area contributed by atoms with Gasteiger partial charge in [-0.05, 0) is 52.7 Å². The van der Waals surface area contributed by atoms with Gasteiger partial charge in [-0.2, -0.15) is 0 Å². The van der Waals surface area contributed by atoms with Gasteiger partial charge in [-0.1, -0.05) is 24.3 Å². The third kappa shape index (κ3) is 9.60. The van der Waals surface area contributed by atoms with Crippen LogP contribution in [0.4, 0.5) is 4.79 Å². The lowest BCUT2D eigenvalue weighted by molar-refractivity contribution is 0.0474. The van der Waals surface area contributed by atoms with Gasteiger partial charge < -0.3 is 25.4 Å². The minimum Gasteiger partial charge on any atom is -0.444 e. The van der Waals surface area contributed by atoms with E-state index in [4.69, 9.17) is 9.47 Å². The van der Waals surface area contributed by atoms with E-state index >= 15 is 0 Å². The Morgan fingerprint density at radius 3 is 2.29 bits per heavy atom. The van der Waals surface area contributed by atoms with E-state index in [1.807, 2.05) is 53.7 Å². The molecule has 0 atom stereocenters. The summed E-state index contributed by atoms with van der Waals surface area (Å²) in [5.74, 6) is 0.658. The van der Waals surface area contributed by atoms with Crippen LogP contribution in [0, 0.1) is 0 Å². The number of amides is 1. The number of rotatable bonds is 8. The van der Waals surface area contributed by atoms with Crippen LogP contribution in [0.2, 0.25) is 0 Å². The lowest BCUT2D eigenvalue weighted by Crippen LogP contribution is -2.54. The fraction of sp³-hybridized carbons (Fsp3) is 0.619. The van der Waals surface area contributed by atoms with Crippen LogP contribution in [-0.4, -0.2) is 43.4 Å². The van der Waals surface area contributed by atoms with Gasteiger partial charge in [0, 0.05) is 26.7 Å². The summed E-state index contributed by atoms with van der Waals surface area (Å²) in [5, 5.41) is 9.43. The number of nitrogens with zero attached hydrogens (tertiary/aromatic N) is 1. The number of carbonyl (C=O) groups excluding carboxylic acids is 1. The SMILES string of the molecule is CCOCc1ccccc1CNC(=NC)NCC(C)(C)NC(=O)OC(C)(C)C. The van der Waals surface area contributed by atoms with E-state index in [1.54, 1.807) is 7.05 Å². The van der Waals surface area contributed by atoms with Crippen LogP contribution in [0.15, 0.2) is 29.3 Å². The number of carbonyl (C=O) groups is 1. The maximum atomic E-state index is 12.0. The van der Waals surface area contributed by atoms with E-state index in [0.717, 1.165) is 11.1 Å². The van der Waals surface area contributed by atoms with Crippen molar-refractivity contribution in [3.05, 3.63) is 35.4 Å². The summed E-state index contributed by atoms with van der Waals surface area (Å²) in [4.78, 5) is 16.3. The molecule has 1 amide bonds. The third-order valence-electron chi connectivity index (χ3n) is 3.79. The molecule has 7 heteroatoms. The van der Waals surface area contributed by atoms with Gasteiger partial charge in [0.25, 0.3) is 0 Å². The smallest absolute Gasteiger partial charge is 0.408 e. The van der Waals surface area contributed by atoms with Crippen molar-refractivity contribution in [1.29, 1.82) is 0 Å².